The van der Waals surface area contributed by atoms with E-state index in [1.54, 1.807) is 29.6 Å². The maximum Gasteiger partial charge on any atom is 0.471 e. The molecule has 2 aliphatic rings. The molecule has 2 saturated heterocycles. The van der Waals surface area contributed by atoms with Crippen LogP contribution in [0.15, 0.2) is 35.4 Å². The minimum Gasteiger partial charge on any atom is -0.467 e. The van der Waals surface area contributed by atoms with Crippen LogP contribution in [0, 0.1) is 0 Å². The minimum atomic E-state index is -5.11. The van der Waals surface area contributed by atoms with Gasteiger partial charge in [0, 0.05) is 30.6 Å². The molecule has 1 unspecified atom stereocenters. The van der Waals surface area contributed by atoms with Crippen LogP contribution in [0.4, 0.5) is 13.2 Å². The third-order valence-electron chi connectivity index (χ3n) is 10.5. The fourth-order valence-corrected chi connectivity index (χ4v) is 6.79. The van der Waals surface area contributed by atoms with Crippen molar-refractivity contribution in [3.8, 4) is 0 Å². The van der Waals surface area contributed by atoms with E-state index in [0.29, 0.717) is 5.56 Å². The standard InChI is InChI=1S/C41H58F3N9O15/c1-20(32(55)49-22(3)36(59)62-5)48-35(58)25(15-11-12-18-46-40(61)41(42,43)44)50-28(54)17-16-26(37(60)63-6)51-33(56)21(2)47-34(57)23(4)66-31-29(52-53-45)39(64-7)67-27-19-65-38(68-30(27)31)24-13-9-8-10-14-24/h8-10,13-14,20-23,25-27,29-31,38-39H,11-12,15-19H2,1-7H3,(H,46,61)(H,47,57)(H,48,58)(H,49,55)(H,50,54)(H,51,56)/t20-,21+,22-,23-,25+,26-,27-,29-,30-,31-,38?,39+/m1/s1. The van der Waals surface area contributed by atoms with E-state index in [4.69, 9.17) is 28.4 Å². The topological polar surface area (TPSA) is 322 Å². The number of nitrogens with one attached hydrogen (secondary N) is 6. The highest BCUT2D eigenvalue weighted by Crippen LogP contribution is 2.37. The average molecular weight is 974 g/mol. The van der Waals surface area contributed by atoms with Crippen LogP contribution in [0.1, 0.15) is 71.7 Å². The highest BCUT2D eigenvalue weighted by Gasteiger charge is 2.51. The molecular formula is C41H58F3N9O15. The van der Waals surface area contributed by atoms with Gasteiger partial charge in [-0.3, -0.25) is 28.8 Å². The first-order valence-electron chi connectivity index (χ1n) is 21.4. The monoisotopic (exact) mass is 973 g/mol. The molecule has 2 fully saturated rings. The van der Waals surface area contributed by atoms with Crippen LogP contribution < -0.4 is 31.9 Å². The van der Waals surface area contributed by atoms with Crippen LogP contribution in [0.25, 0.3) is 10.4 Å². The Morgan fingerprint density at radius 1 is 0.779 bits per heavy atom. The second-order valence-corrected chi connectivity index (χ2v) is 15.6. The Labute approximate surface area is 388 Å². The third kappa shape index (κ3) is 16.9. The summed E-state index contributed by atoms with van der Waals surface area (Å²) in [7, 11) is 3.45. The summed E-state index contributed by atoms with van der Waals surface area (Å²) >= 11 is 0. The number of amides is 6. The number of fused-ring (bicyclic) bond motifs is 1. The van der Waals surface area contributed by atoms with Crippen LogP contribution in [0.2, 0.25) is 0 Å². The lowest BCUT2D eigenvalue weighted by atomic mass is 9.95. The van der Waals surface area contributed by atoms with Gasteiger partial charge in [-0.25, -0.2) is 9.59 Å². The first-order valence-corrected chi connectivity index (χ1v) is 21.4. The number of carbonyl (C=O) groups excluding carboxylic acids is 8. The number of methoxy groups -OCH3 is 3. The van der Waals surface area contributed by atoms with Crippen molar-refractivity contribution in [3.63, 3.8) is 0 Å². The molecule has 0 saturated carbocycles. The number of halogens is 3. The van der Waals surface area contributed by atoms with Crippen molar-refractivity contribution >= 4 is 47.4 Å². The second kappa shape index (κ2) is 27.0. The van der Waals surface area contributed by atoms with Crippen molar-refractivity contribution in [2.45, 2.75) is 139 Å². The van der Waals surface area contributed by atoms with Crippen LogP contribution >= 0.6 is 0 Å². The van der Waals surface area contributed by atoms with Crippen molar-refractivity contribution in [1.82, 2.24) is 31.9 Å². The molecule has 0 spiro atoms. The van der Waals surface area contributed by atoms with E-state index in [0.717, 1.165) is 14.2 Å². The van der Waals surface area contributed by atoms with Gasteiger partial charge in [-0.05, 0) is 58.9 Å². The van der Waals surface area contributed by atoms with Gasteiger partial charge < -0.3 is 65.1 Å². The summed E-state index contributed by atoms with van der Waals surface area (Å²) in [5.41, 5.74) is 10.1. The van der Waals surface area contributed by atoms with E-state index in [1.165, 1.54) is 34.8 Å². The summed E-state index contributed by atoms with van der Waals surface area (Å²) in [6.07, 6.45) is -12.3. The molecule has 2 heterocycles. The number of rotatable bonds is 24. The van der Waals surface area contributed by atoms with Crippen LogP contribution in [-0.2, 0) is 71.5 Å². The van der Waals surface area contributed by atoms with Gasteiger partial charge in [-0.1, -0.05) is 35.4 Å². The Morgan fingerprint density at radius 2 is 1.40 bits per heavy atom. The molecular weight excluding hydrogens is 915 g/mol. The molecule has 0 bridgehead atoms. The van der Waals surface area contributed by atoms with E-state index in [-0.39, 0.29) is 25.9 Å². The van der Waals surface area contributed by atoms with Gasteiger partial charge in [-0.15, -0.1) is 0 Å². The van der Waals surface area contributed by atoms with Crippen molar-refractivity contribution in [2.75, 3.05) is 34.5 Å². The Hall–Kier alpha value is -6.12. The van der Waals surface area contributed by atoms with Crippen molar-refractivity contribution in [2.24, 2.45) is 5.11 Å². The zero-order valence-corrected chi connectivity index (χ0v) is 38.4. The Morgan fingerprint density at radius 3 is 2.00 bits per heavy atom. The molecule has 12 atom stereocenters. The predicted molar refractivity (Wildman–Crippen MR) is 226 cm³/mol. The van der Waals surface area contributed by atoms with E-state index >= 15 is 0 Å². The fraction of sp³-hybridized carbons (Fsp3) is 0.659. The fourth-order valence-electron chi connectivity index (χ4n) is 6.79. The summed E-state index contributed by atoms with van der Waals surface area (Å²) in [6.45, 7) is 4.91. The number of benzene rings is 1. The molecule has 378 valence electrons. The number of azide groups is 1. The van der Waals surface area contributed by atoms with Gasteiger partial charge in [-0.2, -0.15) is 13.2 Å². The normalized spacial score (nSPS) is 22.6. The summed E-state index contributed by atoms with van der Waals surface area (Å²) < 4.78 is 76.8. The molecule has 0 aliphatic carbocycles. The molecule has 24 nitrogen and oxygen atoms in total. The molecule has 0 radical (unpaired) electrons. The minimum absolute atomic E-state index is 0.000257. The summed E-state index contributed by atoms with van der Waals surface area (Å²) in [5.74, 6) is -8.13. The molecule has 0 aromatic heterocycles. The zero-order valence-electron chi connectivity index (χ0n) is 38.4. The van der Waals surface area contributed by atoms with Crippen LogP contribution in [0.3, 0.4) is 0 Å². The first kappa shape index (κ1) is 56.2. The van der Waals surface area contributed by atoms with E-state index in [1.807, 2.05) is 6.07 Å². The van der Waals surface area contributed by atoms with E-state index in [9.17, 15) is 57.1 Å². The number of unbranched alkanes of at least 4 members (excludes halogenated alkanes) is 1. The van der Waals surface area contributed by atoms with Crippen molar-refractivity contribution < 1.29 is 84.7 Å². The van der Waals surface area contributed by atoms with Crippen molar-refractivity contribution in [1.29, 1.82) is 0 Å². The number of hydrogen-bond acceptors (Lipinski definition) is 16. The van der Waals surface area contributed by atoms with E-state index in [2.05, 4.69) is 41.3 Å². The Bertz CT molecular complexity index is 1960. The molecule has 6 amide bonds. The third-order valence-corrected chi connectivity index (χ3v) is 10.5. The van der Waals surface area contributed by atoms with Gasteiger partial charge in [0.25, 0.3) is 0 Å². The quantitative estimate of drug-likeness (QED) is 0.0268. The van der Waals surface area contributed by atoms with Gasteiger partial charge in [0.15, 0.2) is 12.6 Å². The van der Waals surface area contributed by atoms with Crippen LogP contribution in [0.5, 0.6) is 0 Å². The zero-order chi connectivity index (χ0) is 50.7. The highest BCUT2D eigenvalue weighted by molar-refractivity contribution is 5.94. The smallest absolute Gasteiger partial charge is 0.467 e. The summed E-state index contributed by atoms with van der Waals surface area (Å²) in [5, 5.41) is 17.6. The number of carbonyl (C=O) groups is 8. The molecule has 3 rings (SSSR count). The molecule has 68 heavy (non-hydrogen) atoms. The van der Waals surface area contributed by atoms with Gasteiger partial charge in [0.1, 0.15) is 60.7 Å². The second-order valence-electron chi connectivity index (χ2n) is 15.6. The highest BCUT2D eigenvalue weighted by atomic mass is 19.4. The number of nitrogens with zero attached hydrogens (tertiary/aromatic N) is 3. The van der Waals surface area contributed by atoms with Gasteiger partial charge in [0.2, 0.25) is 29.5 Å². The maximum atomic E-state index is 13.5. The predicted octanol–water partition coefficient (Wildman–Crippen LogP) is 0.383. The lowest BCUT2D eigenvalue weighted by Gasteiger charge is -2.48. The first-order chi connectivity index (χ1) is 32.1. The lowest BCUT2D eigenvalue weighted by molar-refractivity contribution is -0.345. The molecule has 1 aromatic rings. The Balaban J connectivity index is 1.65. The number of alkyl halides is 3. The number of hydrogen-bond donors (Lipinski definition) is 6. The van der Waals surface area contributed by atoms with Gasteiger partial charge >= 0.3 is 24.0 Å². The van der Waals surface area contributed by atoms with Crippen molar-refractivity contribution in [3.05, 3.63) is 46.3 Å². The van der Waals surface area contributed by atoms with E-state index < -0.39 is 146 Å². The van der Waals surface area contributed by atoms with Gasteiger partial charge in [0.05, 0.1) is 20.8 Å². The molecule has 27 heteroatoms. The maximum absolute atomic E-state index is 13.5. The van der Waals surface area contributed by atoms with Crippen LogP contribution in [-0.4, -0.2) is 155 Å². The Kier molecular flexibility index (Phi) is 22.3. The summed E-state index contributed by atoms with van der Waals surface area (Å²) in [6, 6.07) is 1.30. The summed E-state index contributed by atoms with van der Waals surface area (Å²) in [4.78, 5) is 105. The molecule has 2 aliphatic heterocycles. The molecule has 1 aromatic carbocycles. The number of ether oxygens (including phenoxy) is 7. The average Bonchev–Trinajstić information content (AvgIpc) is 3.31. The number of esters is 2. The SMILES string of the molecule is COC(=O)[C@@H](C)NC(=O)[C@@H](C)NC(=O)[C@H](CCCCNC(=O)C(F)(F)F)NC(=O)CC[C@@H](NC(=O)[C@H](C)NC(=O)[C@@H](C)O[C@@H]1[C@@H](N=[N+]=[N-])[C@@H](OC)O[C@@H]2COC(c3ccccc3)O[C@@H]12)C(=O)OC. The largest absolute Gasteiger partial charge is 0.471 e. The lowest BCUT2D eigenvalue weighted by Crippen LogP contribution is -2.63. The molecule has 6 N–H and O–H groups in total.